The minimum absolute atomic E-state index is 0.0455. The third-order valence-electron chi connectivity index (χ3n) is 4.67. The summed E-state index contributed by atoms with van der Waals surface area (Å²) >= 11 is 0. The van der Waals surface area contributed by atoms with Crippen molar-refractivity contribution < 1.29 is 23.5 Å². The molecule has 1 aromatic heterocycles. The van der Waals surface area contributed by atoms with Crippen molar-refractivity contribution >= 4 is 17.4 Å². The van der Waals surface area contributed by atoms with Crippen molar-refractivity contribution in [3.05, 3.63) is 101 Å². The number of ketones is 1. The van der Waals surface area contributed by atoms with Crippen molar-refractivity contribution in [2.45, 2.75) is 6.04 Å². The van der Waals surface area contributed by atoms with Gasteiger partial charge in [-0.15, -0.1) is 0 Å². The molecule has 1 unspecified atom stereocenters. The molecule has 1 aliphatic rings. The molecule has 2 aromatic carbocycles. The third-order valence-corrected chi connectivity index (χ3v) is 4.67. The number of furan rings is 1. The lowest BCUT2D eigenvalue weighted by molar-refractivity contribution is -0.117. The summed E-state index contributed by atoms with van der Waals surface area (Å²) in [6.45, 7) is 0. The van der Waals surface area contributed by atoms with E-state index in [1.807, 2.05) is 6.07 Å². The molecule has 0 saturated carbocycles. The van der Waals surface area contributed by atoms with Crippen molar-refractivity contribution in [2.75, 3.05) is 4.90 Å². The molecule has 1 amide bonds. The van der Waals surface area contributed by atoms with Crippen LogP contribution in [0.3, 0.4) is 0 Å². The molecule has 1 atom stereocenters. The molecule has 0 fully saturated rings. The number of carbonyl (C=O) groups is 2. The Kier molecular flexibility index (Phi) is 4.45. The molecule has 142 valence electrons. The van der Waals surface area contributed by atoms with Crippen molar-refractivity contribution in [1.82, 2.24) is 0 Å². The Balaban J connectivity index is 1.90. The van der Waals surface area contributed by atoms with E-state index in [1.165, 1.54) is 60.9 Å². The van der Waals surface area contributed by atoms with Gasteiger partial charge in [-0.2, -0.15) is 5.26 Å². The zero-order valence-electron chi connectivity index (χ0n) is 14.9. The number of amides is 1. The number of rotatable bonds is 4. The fraction of sp³-hybridized carbons (Fsp3) is 0.0455. The second kappa shape index (κ2) is 7.09. The molecule has 3 aromatic rings. The monoisotopic (exact) mass is 388 g/mol. The van der Waals surface area contributed by atoms with Crippen LogP contribution >= 0.6 is 0 Å². The van der Waals surface area contributed by atoms with E-state index in [-0.39, 0.29) is 16.9 Å². The Morgan fingerprint density at radius 3 is 2.45 bits per heavy atom. The Bertz CT molecular complexity index is 1170. The van der Waals surface area contributed by atoms with Gasteiger partial charge in [0.15, 0.2) is 11.5 Å². The van der Waals surface area contributed by atoms with Gasteiger partial charge in [-0.3, -0.25) is 14.5 Å². The van der Waals surface area contributed by atoms with Crippen LogP contribution in [0.15, 0.2) is 82.7 Å². The second-order valence-corrected chi connectivity index (χ2v) is 6.33. The second-order valence-electron chi connectivity index (χ2n) is 6.33. The highest BCUT2D eigenvalue weighted by Gasteiger charge is 2.46. The zero-order valence-corrected chi connectivity index (χ0v) is 14.9. The highest BCUT2D eigenvalue weighted by Crippen LogP contribution is 2.42. The smallest absolute Gasteiger partial charge is 0.294 e. The van der Waals surface area contributed by atoms with Crippen LogP contribution in [-0.4, -0.2) is 16.8 Å². The molecule has 29 heavy (non-hydrogen) atoms. The lowest BCUT2D eigenvalue weighted by atomic mass is 9.94. The standard InChI is InChI=1S/C22H13FN2O4/c23-16-5-2-1-4-15(16)19-18(20(26)17-6-3-11-29-17)21(27)22(28)25(19)14-9-7-13(12-24)8-10-14/h1-11,19,27H. The van der Waals surface area contributed by atoms with E-state index in [0.29, 0.717) is 11.3 Å². The first-order chi connectivity index (χ1) is 14.0. The number of hydrogen-bond donors (Lipinski definition) is 1. The third kappa shape index (κ3) is 2.97. The summed E-state index contributed by atoms with van der Waals surface area (Å²) < 4.78 is 19.8. The predicted molar refractivity (Wildman–Crippen MR) is 100 cm³/mol. The summed E-state index contributed by atoms with van der Waals surface area (Å²) in [6, 6.07) is 15.4. The van der Waals surface area contributed by atoms with Crippen LogP contribution in [0.5, 0.6) is 0 Å². The van der Waals surface area contributed by atoms with Crippen LogP contribution in [0, 0.1) is 17.1 Å². The normalized spacial score (nSPS) is 16.2. The van der Waals surface area contributed by atoms with Crippen LogP contribution in [0.4, 0.5) is 10.1 Å². The van der Waals surface area contributed by atoms with E-state index >= 15 is 0 Å². The lowest BCUT2D eigenvalue weighted by Crippen LogP contribution is -2.31. The maximum Gasteiger partial charge on any atom is 0.294 e. The topological polar surface area (TPSA) is 94.5 Å². The van der Waals surface area contributed by atoms with Crippen molar-refractivity contribution in [2.24, 2.45) is 0 Å². The van der Waals surface area contributed by atoms with Crippen LogP contribution < -0.4 is 4.90 Å². The molecule has 2 heterocycles. The number of nitrogens with zero attached hydrogens (tertiary/aromatic N) is 2. The zero-order chi connectivity index (χ0) is 20.5. The fourth-order valence-electron chi connectivity index (χ4n) is 3.33. The number of aliphatic hydroxyl groups is 1. The minimum atomic E-state index is -1.20. The van der Waals surface area contributed by atoms with Crippen molar-refractivity contribution in [3.63, 3.8) is 0 Å². The van der Waals surface area contributed by atoms with Gasteiger partial charge in [0.25, 0.3) is 5.91 Å². The predicted octanol–water partition coefficient (Wildman–Crippen LogP) is 4.07. The van der Waals surface area contributed by atoms with Gasteiger partial charge in [-0.05, 0) is 42.5 Å². The molecule has 1 N–H and O–H groups in total. The van der Waals surface area contributed by atoms with Gasteiger partial charge in [0.1, 0.15) is 5.82 Å². The van der Waals surface area contributed by atoms with E-state index in [0.717, 1.165) is 4.90 Å². The number of carbonyl (C=O) groups excluding carboxylic acids is 2. The summed E-state index contributed by atoms with van der Waals surface area (Å²) in [5.41, 5.74) is 0.437. The number of halogens is 1. The molecule has 0 saturated heterocycles. The fourth-order valence-corrected chi connectivity index (χ4v) is 3.33. The quantitative estimate of drug-likeness (QED) is 0.680. The SMILES string of the molecule is N#Cc1ccc(N2C(=O)C(O)=C(C(=O)c3ccco3)C2c2ccccc2F)cc1. The average molecular weight is 388 g/mol. The molecule has 1 aliphatic heterocycles. The molecule has 6 nitrogen and oxygen atoms in total. The number of hydrogen-bond acceptors (Lipinski definition) is 5. The van der Waals surface area contributed by atoms with E-state index in [4.69, 9.17) is 9.68 Å². The van der Waals surface area contributed by atoms with E-state index < -0.39 is 29.3 Å². The van der Waals surface area contributed by atoms with Crippen LogP contribution in [0.25, 0.3) is 0 Å². The van der Waals surface area contributed by atoms with Crippen molar-refractivity contribution in [1.29, 1.82) is 5.26 Å². The Labute approximate surface area is 164 Å². The minimum Gasteiger partial charge on any atom is -0.503 e. The van der Waals surface area contributed by atoms with Gasteiger partial charge in [0.05, 0.1) is 29.5 Å². The number of benzene rings is 2. The molecule has 7 heteroatoms. The number of aliphatic hydroxyl groups excluding tert-OH is 1. The largest absolute Gasteiger partial charge is 0.503 e. The molecular formula is C22H13FN2O4. The van der Waals surface area contributed by atoms with E-state index in [9.17, 15) is 19.1 Å². The summed E-state index contributed by atoms with van der Waals surface area (Å²) in [5, 5.41) is 19.5. The number of Topliss-reactive ketones (excluding diaryl/α,β-unsaturated/α-hetero) is 1. The molecule has 0 radical (unpaired) electrons. The lowest BCUT2D eigenvalue weighted by Gasteiger charge is -2.27. The van der Waals surface area contributed by atoms with Gasteiger partial charge in [0, 0.05) is 11.3 Å². The Morgan fingerprint density at radius 1 is 1.10 bits per heavy atom. The molecule has 4 rings (SSSR count). The highest BCUT2D eigenvalue weighted by atomic mass is 19.1. The summed E-state index contributed by atoms with van der Waals surface area (Å²) in [4.78, 5) is 27.0. The van der Waals surface area contributed by atoms with E-state index in [2.05, 4.69) is 0 Å². The summed E-state index contributed by atoms with van der Waals surface area (Å²) in [7, 11) is 0. The summed E-state index contributed by atoms with van der Waals surface area (Å²) in [5.74, 6) is -3.06. The van der Waals surface area contributed by atoms with Crippen LogP contribution in [0.1, 0.15) is 27.7 Å². The molecule has 0 spiro atoms. The van der Waals surface area contributed by atoms with Gasteiger partial charge in [-0.25, -0.2) is 4.39 Å². The first-order valence-electron chi connectivity index (χ1n) is 8.62. The first kappa shape index (κ1) is 18.2. The van der Waals surface area contributed by atoms with Gasteiger partial charge < -0.3 is 9.52 Å². The van der Waals surface area contributed by atoms with Crippen LogP contribution in [0.2, 0.25) is 0 Å². The van der Waals surface area contributed by atoms with Gasteiger partial charge in [0.2, 0.25) is 5.78 Å². The number of anilines is 1. The molecule has 0 aliphatic carbocycles. The maximum atomic E-state index is 14.7. The van der Waals surface area contributed by atoms with E-state index in [1.54, 1.807) is 6.07 Å². The van der Waals surface area contributed by atoms with Gasteiger partial charge in [-0.1, -0.05) is 18.2 Å². The highest BCUT2D eigenvalue weighted by molar-refractivity contribution is 6.20. The number of nitriles is 1. The van der Waals surface area contributed by atoms with Crippen LogP contribution in [-0.2, 0) is 4.79 Å². The molecular weight excluding hydrogens is 375 g/mol. The van der Waals surface area contributed by atoms with Crippen molar-refractivity contribution in [3.8, 4) is 6.07 Å². The maximum absolute atomic E-state index is 14.7. The first-order valence-corrected chi connectivity index (χ1v) is 8.62. The van der Waals surface area contributed by atoms with Gasteiger partial charge >= 0.3 is 0 Å². The summed E-state index contributed by atoms with van der Waals surface area (Å²) in [6.07, 6.45) is 1.29. The average Bonchev–Trinajstić information content (AvgIpc) is 3.36. The Morgan fingerprint density at radius 2 is 1.83 bits per heavy atom. The molecule has 0 bridgehead atoms. The Hall–Kier alpha value is -4.18.